The monoisotopic (exact) mass is 416 g/mol. The van der Waals surface area contributed by atoms with Crippen molar-refractivity contribution in [3.63, 3.8) is 0 Å². The molecule has 1 saturated heterocycles. The Morgan fingerprint density at radius 3 is 1.74 bits per heavy atom. The van der Waals surface area contributed by atoms with Crippen molar-refractivity contribution >= 4 is 34.5 Å². The van der Waals surface area contributed by atoms with Gasteiger partial charge in [0, 0.05) is 41.1 Å². The fourth-order valence-corrected chi connectivity index (χ4v) is 5.23. The second kappa shape index (κ2) is 7.94. The molecule has 0 atom stereocenters. The molecule has 1 fully saturated rings. The molecule has 0 aliphatic carbocycles. The van der Waals surface area contributed by atoms with Crippen LogP contribution in [0.2, 0.25) is 10.0 Å². The standard InChI is InChI=1S/C22H22Cl2N2S/c1-25-12-14-26(15-13-25)22(21-3-2-16-27-21,17-4-8-19(23)9-5-17)18-6-10-20(24)11-7-18/h2-11,16H,12-15H2,1H3. The van der Waals surface area contributed by atoms with Gasteiger partial charge in [-0.05, 0) is 53.9 Å². The molecule has 1 aliphatic heterocycles. The quantitative estimate of drug-likeness (QED) is 0.546. The van der Waals surface area contributed by atoms with Crippen LogP contribution in [0.5, 0.6) is 0 Å². The molecule has 3 aromatic rings. The normalized spacial score (nSPS) is 16.6. The van der Waals surface area contributed by atoms with E-state index in [1.807, 2.05) is 24.3 Å². The number of halogens is 2. The maximum Gasteiger partial charge on any atom is 0.107 e. The molecular weight excluding hydrogens is 395 g/mol. The van der Waals surface area contributed by atoms with Gasteiger partial charge in [-0.25, -0.2) is 0 Å². The maximum atomic E-state index is 6.22. The molecule has 0 saturated carbocycles. The van der Waals surface area contributed by atoms with E-state index in [4.69, 9.17) is 23.2 Å². The SMILES string of the molecule is CN1CCN(C(c2ccc(Cl)cc2)(c2ccc(Cl)cc2)c2cccs2)CC1. The molecule has 1 aromatic heterocycles. The molecule has 1 aliphatic rings. The molecule has 140 valence electrons. The van der Waals surface area contributed by atoms with E-state index in [1.54, 1.807) is 11.3 Å². The van der Waals surface area contributed by atoms with E-state index >= 15 is 0 Å². The lowest BCUT2D eigenvalue weighted by atomic mass is 9.79. The summed E-state index contributed by atoms with van der Waals surface area (Å²) in [5, 5.41) is 3.67. The average molecular weight is 417 g/mol. The summed E-state index contributed by atoms with van der Waals surface area (Å²) in [6.07, 6.45) is 0. The minimum absolute atomic E-state index is 0.343. The fraction of sp³-hybridized carbons (Fsp3) is 0.273. The molecular formula is C22H22Cl2N2S. The van der Waals surface area contributed by atoms with E-state index in [-0.39, 0.29) is 5.54 Å². The van der Waals surface area contributed by atoms with Crippen molar-refractivity contribution in [1.29, 1.82) is 0 Å². The molecule has 2 heterocycles. The number of nitrogens with zero attached hydrogens (tertiary/aromatic N) is 2. The molecule has 2 nitrogen and oxygen atoms in total. The van der Waals surface area contributed by atoms with Crippen molar-refractivity contribution in [1.82, 2.24) is 9.80 Å². The third-order valence-electron chi connectivity index (χ3n) is 5.38. The third kappa shape index (κ3) is 3.55. The molecule has 27 heavy (non-hydrogen) atoms. The van der Waals surface area contributed by atoms with Gasteiger partial charge in [0.25, 0.3) is 0 Å². The maximum absolute atomic E-state index is 6.22. The molecule has 0 N–H and O–H groups in total. The van der Waals surface area contributed by atoms with Gasteiger partial charge in [0.1, 0.15) is 5.54 Å². The lowest BCUT2D eigenvalue weighted by Crippen LogP contribution is -2.55. The van der Waals surface area contributed by atoms with E-state index in [9.17, 15) is 0 Å². The van der Waals surface area contributed by atoms with Crippen molar-refractivity contribution in [3.05, 3.63) is 92.1 Å². The van der Waals surface area contributed by atoms with Gasteiger partial charge in [-0.3, -0.25) is 4.90 Å². The van der Waals surface area contributed by atoms with Crippen LogP contribution in [0.3, 0.4) is 0 Å². The highest BCUT2D eigenvalue weighted by molar-refractivity contribution is 7.10. The highest BCUT2D eigenvalue weighted by atomic mass is 35.5. The smallest absolute Gasteiger partial charge is 0.107 e. The predicted molar refractivity (Wildman–Crippen MR) is 116 cm³/mol. The van der Waals surface area contributed by atoms with Crippen LogP contribution in [0, 0.1) is 0 Å². The molecule has 4 rings (SSSR count). The summed E-state index contributed by atoms with van der Waals surface area (Å²) in [5.74, 6) is 0. The second-order valence-electron chi connectivity index (χ2n) is 6.99. The van der Waals surface area contributed by atoms with Crippen molar-refractivity contribution in [3.8, 4) is 0 Å². The van der Waals surface area contributed by atoms with Crippen LogP contribution in [-0.2, 0) is 5.54 Å². The zero-order valence-corrected chi connectivity index (χ0v) is 17.6. The molecule has 0 spiro atoms. The van der Waals surface area contributed by atoms with Gasteiger partial charge in [-0.15, -0.1) is 11.3 Å². The van der Waals surface area contributed by atoms with Crippen molar-refractivity contribution in [2.24, 2.45) is 0 Å². The highest BCUT2D eigenvalue weighted by Crippen LogP contribution is 2.45. The van der Waals surface area contributed by atoms with Gasteiger partial charge in [-0.1, -0.05) is 53.5 Å². The molecule has 2 aromatic carbocycles. The van der Waals surface area contributed by atoms with E-state index in [0.717, 1.165) is 36.2 Å². The Labute approximate surface area is 174 Å². The van der Waals surface area contributed by atoms with E-state index < -0.39 is 0 Å². The Balaban J connectivity index is 1.96. The summed E-state index contributed by atoms with van der Waals surface area (Å²) < 4.78 is 0. The van der Waals surface area contributed by atoms with Crippen LogP contribution < -0.4 is 0 Å². The Bertz CT molecular complexity index is 822. The van der Waals surface area contributed by atoms with Gasteiger partial charge in [0.15, 0.2) is 0 Å². The number of hydrogen-bond donors (Lipinski definition) is 0. The number of benzene rings is 2. The van der Waals surface area contributed by atoms with Gasteiger partial charge in [0.2, 0.25) is 0 Å². The van der Waals surface area contributed by atoms with Gasteiger partial charge in [-0.2, -0.15) is 0 Å². The zero-order valence-electron chi connectivity index (χ0n) is 15.2. The van der Waals surface area contributed by atoms with Crippen LogP contribution in [0.15, 0.2) is 66.0 Å². The summed E-state index contributed by atoms with van der Waals surface area (Å²) in [4.78, 5) is 6.31. The number of rotatable bonds is 4. The first-order chi connectivity index (χ1) is 13.1. The first-order valence-corrected chi connectivity index (χ1v) is 10.7. The first kappa shape index (κ1) is 19.0. The molecule has 5 heteroatoms. The van der Waals surface area contributed by atoms with Crippen LogP contribution in [0.4, 0.5) is 0 Å². The largest absolute Gasteiger partial charge is 0.304 e. The molecule has 0 bridgehead atoms. The summed E-state index contributed by atoms with van der Waals surface area (Å²) in [7, 11) is 2.19. The van der Waals surface area contributed by atoms with Gasteiger partial charge >= 0.3 is 0 Å². The Morgan fingerprint density at radius 1 is 0.778 bits per heavy atom. The van der Waals surface area contributed by atoms with Gasteiger partial charge < -0.3 is 4.90 Å². The van der Waals surface area contributed by atoms with Crippen LogP contribution in [0.25, 0.3) is 0 Å². The minimum Gasteiger partial charge on any atom is -0.304 e. The van der Waals surface area contributed by atoms with Gasteiger partial charge in [0.05, 0.1) is 0 Å². The highest BCUT2D eigenvalue weighted by Gasteiger charge is 2.43. The van der Waals surface area contributed by atoms with Crippen molar-refractivity contribution in [2.45, 2.75) is 5.54 Å². The lowest BCUT2D eigenvalue weighted by Gasteiger charge is -2.48. The number of likely N-dealkylation sites (N-methyl/N-ethyl adjacent to an activating group) is 1. The number of hydrogen-bond acceptors (Lipinski definition) is 3. The average Bonchev–Trinajstić information content (AvgIpc) is 3.21. The summed E-state index contributed by atoms with van der Waals surface area (Å²) in [6.45, 7) is 4.10. The summed E-state index contributed by atoms with van der Waals surface area (Å²) in [6, 6.07) is 21.0. The minimum atomic E-state index is -0.343. The molecule has 0 amide bonds. The Morgan fingerprint density at radius 2 is 1.30 bits per heavy atom. The predicted octanol–water partition coefficient (Wildman–Crippen LogP) is 5.59. The Hall–Kier alpha value is -1.36. The summed E-state index contributed by atoms with van der Waals surface area (Å²) in [5.41, 5.74) is 2.13. The van der Waals surface area contributed by atoms with Crippen LogP contribution in [0.1, 0.15) is 16.0 Å². The van der Waals surface area contributed by atoms with E-state index in [1.165, 1.54) is 16.0 Å². The third-order valence-corrected chi connectivity index (χ3v) is 6.86. The fourth-order valence-electron chi connectivity index (χ4n) is 3.98. The van der Waals surface area contributed by atoms with E-state index in [0.29, 0.717) is 0 Å². The van der Waals surface area contributed by atoms with Crippen LogP contribution in [-0.4, -0.2) is 43.0 Å². The van der Waals surface area contributed by atoms with Crippen molar-refractivity contribution in [2.75, 3.05) is 33.2 Å². The number of piperazine rings is 1. The van der Waals surface area contributed by atoms with E-state index in [2.05, 4.69) is 58.6 Å². The molecule has 0 radical (unpaired) electrons. The lowest BCUT2D eigenvalue weighted by molar-refractivity contribution is 0.0875. The molecule has 0 unspecified atom stereocenters. The second-order valence-corrected chi connectivity index (χ2v) is 8.81. The first-order valence-electron chi connectivity index (χ1n) is 9.10. The topological polar surface area (TPSA) is 6.48 Å². The van der Waals surface area contributed by atoms with Crippen LogP contribution >= 0.6 is 34.5 Å². The van der Waals surface area contributed by atoms with Crippen molar-refractivity contribution < 1.29 is 0 Å². The number of thiophene rings is 1. The zero-order chi connectivity index (χ0) is 18.9. The Kier molecular flexibility index (Phi) is 5.58. The summed E-state index contributed by atoms with van der Waals surface area (Å²) >= 11 is 14.2.